The highest BCUT2D eigenvalue weighted by atomic mass is 16.6. The van der Waals surface area contributed by atoms with Crippen LogP contribution in [0.4, 0.5) is 0 Å². The predicted octanol–water partition coefficient (Wildman–Crippen LogP) is 4.07. The lowest BCUT2D eigenvalue weighted by molar-refractivity contribution is -0.150. The quantitative estimate of drug-likeness (QED) is 0.631. The normalized spacial score (nSPS) is 20.1. The van der Waals surface area contributed by atoms with Gasteiger partial charge in [-0.3, -0.25) is 9.69 Å². The van der Waals surface area contributed by atoms with Crippen molar-refractivity contribution in [3.63, 3.8) is 0 Å². The second-order valence-corrected chi connectivity index (χ2v) is 7.30. The van der Waals surface area contributed by atoms with Gasteiger partial charge in [0.25, 0.3) is 5.91 Å². The minimum Gasteiger partial charge on any atom is -0.493 e. The Morgan fingerprint density at radius 3 is 2.06 bits per heavy atom. The molecule has 1 aliphatic heterocycles. The molecule has 1 heterocycles. The highest BCUT2D eigenvalue weighted by molar-refractivity contribution is 5.95. The highest BCUT2D eigenvalue weighted by Crippen LogP contribution is 2.45. The summed E-state index contributed by atoms with van der Waals surface area (Å²) in [7, 11) is 3.04. The van der Waals surface area contributed by atoms with Gasteiger partial charge in [-0.15, -0.1) is 0 Å². The Morgan fingerprint density at radius 2 is 1.47 bits per heavy atom. The second kappa shape index (κ2) is 9.11. The van der Waals surface area contributed by atoms with Crippen LogP contribution in [0.1, 0.15) is 33.8 Å². The molecule has 1 unspecified atom stereocenters. The van der Waals surface area contributed by atoms with Crippen molar-refractivity contribution in [2.75, 3.05) is 14.2 Å². The van der Waals surface area contributed by atoms with Crippen LogP contribution in [0.2, 0.25) is 0 Å². The van der Waals surface area contributed by atoms with Crippen molar-refractivity contribution >= 4 is 11.9 Å². The number of benzene rings is 3. The monoisotopic (exact) mass is 433 g/mol. The molecule has 164 valence electrons. The fraction of sp³-hybridized carbons (Fsp3) is 0.200. The van der Waals surface area contributed by atoms with E-state index in [1.807, 2.05) is 24.3 Å². The first kappa shape index (κ1) is 21.4. The summed E-state index contributed by atoms with van der Waals surface area (Å²) in [5, 5.41) is 9.96. The number of carbonyl (C=O) groups is 2. The Balaban J connectivity index is 1.86. The van der Waals surface area contributed by atoms with E-state index >= 15 is 0 Å². The first-order valence-electron chi connectivity index (χ1n) is 10.1. The average molecular weight is 433 g/mol. The number of aliphatic carboxylic acids is 1. The maximum absolute atomic E-state index is 13.7. The molecule has 0 radical (unpaired) electrons. The van der Waals surface area contributed by atoms with Gasteiger partial charge in [-0.25, -0.2) is 4.79 Å². The summed E-state index contributed by atoms with van der Waals surface area (Å²) in [5.41, 5.74) is 1.69. The molecular weight excluding hydrogens is 410 g/mol. The Hall–Kier alpha value is -3.84. The van der Waals surface area contributed by atoms with E-state index in [1.54, 1.807) is 54.6 Å². The van der Waals surface area contributed by atoms with E-state index < -0.39 is 24.3 Å². The predicted molar refractivity (Wildman–Crippen MR) is 117 cm³/mol. The fourth-order valence-corrected chi connectivity index (χ4v) is 3.96. The molecule has 1 saturated heterocycles. The van der Waals surface area contributed by atoms with E-state index in [-0.39, 0.29) is 5.91 Å². The molecule has 1 amide bonds. The van der Waals surface area contributed by atoms with Crippen LogP contribution in [-0.4, -0.2) is 42.2 Å². The van der Waals surface area contributed by atoms with Gasteiger partial charge in [0.2, 0.25) is 0 Å². The van der Waals surface area contributed by atoms with Gasteiger partial charge in [0.1, 0.15) is 0 Å². The molecule has 3 aromatic carbocycles. The zero-order chi connectivity index (χ0) is 22.7. The lowest BCUT2D eigenvalue weighted by Gasteiger charge is -2.29. The fourth-order valence-electron chi connectivity index (χ4n) is 3.96. The number of carboxylic acid groups (broad SMARTS) is 1. The minimum atomic E-state index is -1.25. The van der Waals surface area contributed by atoms with Crippen LogP contribution < -0.4 is 9.47 Å². The van der Waals surface area contributed by atoms with Crippen LogP contribution in [0.5, 0.6) is 11.5 Å². The summed E-state index contributed by atoms with van der Waals surface area (Å²) in [6.45, 7) is 0. The summed E-state index contributed by atoms with van der Waals surface area (Å²) in [6, 6.07) is 22.1. The van der Waals surface area contributed by atoms with Crippen molar-refractivity contribution < 1.29 is 28.9 Å². The van der Waals surface area contributed by atoms with E-state index in [0.717, 1.165) is 0 Å². The number of nitrogens with zero attached hydrogens (tertiary/aromatic N) is 1. The molecule has 7 nitrogen and oxygen atoms in total. The molecule has 0 bridgehead atoms. The Labute approximate surface area is 185 Å². The van der Waals surface area contributed by atoms with Crippen LogP contribution in [0.15, 0.2) is 78.9 Å². The Kier molecular flexibility index (Phi) is 6.09. The number of hydrogen-bond acceptors (Lipinski definition) is 5. The highest BCUT2D eigenvalue weighted by Gasteiger charge is 2.50. The first-order valence-corrected chi connectivity index (χ1v) is 10.1. The van der Waals surface area contributed by atoms with Crippen LogP contribution in [-0.2, 0) is 9.53 Å². The number of rotatable bonds is 6. The number of methoxy groups -OCH3 is 2. The summed E-state index contributed by atoms with van der Waals surface area (Å²) >= 11 is 0. The van der Waals surface area contributed by atoms with Gasteiger partial charge in [0.15, 0.2) is 23.8 Å². The maximum Gasteiger partial charge on any atom is 0.335 e. The van der Waals surface area contributed by atoms with Crippen LogP contribution in [0.25, 0.3) is 0 Å². The zero-order valence-electron chi connectivity index (χ0n) is 17.7. The number of carboxylic acids is 1. The molecule has 32 heavy (non-hydrogen) atoms. The van der Waals surface area contributed by atoms with E-state index in [0.29, 0.717) is 28.2 Å². The number of ether oxygens (including phenoxy) is 3. The van der Waals surface area contributed by atoms with Crippen molar-refractivity contribution in [2.24, 2.45) is 0 Å². The molecule has 1 fully saturated rings. The van der Waals surface area contributed by atoms with Crippen LogP contribution in [0.3, 0.4) is 0 Å². The van der Waals surface area contributed by atoms with Gasteiger partial charge < -0.3 is 19.3 Å². The van der Waals surface area contributed by atoms with E-state index in [4.69, 9.17) is 14.2 Å². The van der Waals surface area contributed by atoms with Crippen molar-refractivity contribution in [1.29, 1.82) is 0 Å². The first-order chi connectivity index (χ1) is 15.5. The molecule has 1 N–H and O–H groups in total. The van der Waals surface area contributed by atoms with Crippen molar-refractivity contribution in [2.45, 2.75) is 18.4 Å². The van der Waals surface area contributed by atoms with Gasteiger partial charge in [-0.05, 0) is 29.8 Å². The molecule has 4 rings (SSSR count). The average Bonchev–Trinajstić information content (AvgIpc) is 3.25. The molecule has 0 saturated carbocycles. The third-order valence-electron chi connectivity index (χ3n) is 5.45. The second-order valence-electron chi connectivity index (χ2n) is 7.30. The molecular formula is C25H23NO6. The van der Waals surface area contributed by atoms with E-state index in [9.17, 15) is 14.7 Å². The molecule has 0 aliphatic carbocycles. The summed E-state index contributed by atoms with van der Waals surface area (Å²) < 4.78 is 16.7. The topological polar surface area (TPSA) is 85.3 Å². The van der Waals surface area contributed by atoms with E-state index in [2.05, 4.69) is 0 Å². The molecule has 0 aromatic heterocycles. The van der Waals surface area contributed by atoms with Crippen molar-refractivity contribution in [3.8, 4) is 11.5 Å². The molecule has 0 spiro atoms. The summed E-state index contributed by atoms with van der Waals surface area (Å²) in [5.74, 6) is -0.504. The van der Waals surface area contributed by atoms with Crippen molar-refractivity contribution in [1.82, 2.24) is 4.90 Å². The van der Waals surface area contributed by atoms with Gasteiger partial charge in [-0.2, -0.15) is 0 Å². The maximum atomic E-state index is 13.7. The zero-order valence-corrected chi connectivity index (χ0v) is 17.7. The van der Waals surface area contributed by atoms with Gasteiger partial charge in [-0.1, -0.05) is 54.6 Å². The lowest BCUT2D eigenvalue weighted by Crippen LogP contribution is -2.36. The van der Waals surface area contributed by atoms with Gasteiger partial charge >= 0.3 is 5.97 Å². The van der Waals surface area contributed by atoms with Crippen LogP contribution >= 0.6 is 0 Å². The van der Waals surface area contributed by atoms with Gasteiger partial charge in [0.05, 0.1) is 20.3 Å². The number of amides is 1. The lowest BCUT2D eigenvalue weighted by atomic mass is 9.99. The molecule has 3 aromatic rings. The largest absolute Gasteiger partial charge is 0.493 e. The summed E-state index contributed by atoms with van der Waals surface area (Å²) in [4.78, 5) is 27.3. The smallest absolute Gasteiger partial charge is 0.335 e. The standard InChI is InChI=1S/C25H23NO6/c1-30-19-14-13-18(15-20(19)31-2)24-26(23(27)17-11-7-4-8-12-17)21(22(32-24)25(28)29)16-9-5-3-6-10-16/h3-15,21-22,24H,1-2H3,(H,28,29)/t21-,22+,24?/m0/s1. The Bertz CT molecular complexity index is 1100. The molecule has 1 aliphatic rings. The minimum absolute atomic E-state index is 0.331. The summed E-state index contributed by atoms with van der Waals surface area (Å²) in [6.07, 6.45) is -2.18. The Morgan fingerprint density at radius 1 is 0.844 bits per heavy atom. The van der Waals surface area contributed by atoms with E-state index in [1.165, 1.54) is 19.1 Å². The van der Waals surface area contributed by atoms with Crippen molar-refractivity contribution in [3.05, 3.63) is 95.6 Å². The van der Waals surface area contributed by atoms with Gasteiger partial charge in [0, 0.05) is 11.1 Å². The third-order valence-corrected chi connectivity index (χ3v) is 5.45. The SMILES string of the molecule is COc1ccc(C2O[C@@H](C(=O)O)[C@H](c3ccccc3)N2C(=O)c2ccccc2)cc1OC. The molecule has 7 heteroatoms. The van der Waals surface area contributed by atoms with Crippen LogP contribution in [0, 0.1) is 0 Å². The molecule has 3 atom stereocenters. The third kappa shape index (κ3) is 3.90. The number of hydrogen-bond donors (Lipinski definition) is 1. The number of carbonyl (C=O) groups excluding carboxylic acids is 1.